The molecule has 0 bridgehead atoms. The second-order valence-corrected chi connectivity index (χ2v) is 8.06. The minimum Gasteiger partial charge on any atom is -0.496 e. The molecule has 29 heavy (non-hydrogen) atoms. The fourth-order valence-corrected chi connectivity index (χ4v) is 4.25. The summed E-state index contributed by atoms with van der Waals surface area (Å²) in [6.45, 7) is 8.02. The molecule has 1 heterocycles. The molecule has 0 spiro atoms. The quantitative estimate of drug-likeness (QED) is 0.571. The zero-order valence-electron chi connectivity index (χ0n) is 17.5. The van der Waals surface area contributed by atoms with E-state index >= 15 is 0 Å². The molecule has 1 N–H and O–H groups in total. The van der Waals surface area contributed by atoms with E-state index < -0.39 is 0 Å². The molecule has 0 radical (unpaired) electrons. The highest BCUT2D eigenvalue weighted by molar-refractivity contribution is 8.00. The van der Waals surface area contributed by atoms with Gasteiger partial charge in [-0.1, -0.05) is 35.9 Å². The van der Waals surface area contributed by atoms with Crippen LogP contribution in [-0.4, -0.2) is 28.6 Å². The van der Waals surface area contributed by atoms with Gasteiger partial charge < -0.3 is 10.1 Å². The van der Waals surface area contributed by atoms with Gasteiger partial charge in [-0.3, -0.25) is 4.79 Å². The van der Waals surface area contributed by atoms with Gasteiger partial charge in [0.1, 0.15) is 5.75 Å². The van der Waals surface area contributed by atoms with Crippen LogP contribution in [0.1, 0.15) is 35.5 Å². The Morgan fingerprint density at radius 3 is 2.59 bits per heavy atom. The van der Waals surface area contributed by atoms with E-state index in [0.29, 0.717) is 5.75 Å². The Bertz CT molecular complexity index is 999. The highest BCUT2D eigenvalue weighted by atomic mass is 32.2. The minimum atomic E-state index is -0.132. The number of rotatable bonds is 7. The number of nitrogens with zero attached hydrogens (tertiary/aromatic N) is 2. The summed E-state index contributed by atoms with van der Waals surface area (Å²) in [6.07, 6.45) is 0. The number of hydrogen-bond acceptors (Lipinski definition) is 4. The van der Waals surface area contributed by atoms with Gasteiger partial charge in [0.15, 0.2) is 0 Å². The lowest BCUT2D eigenvalue weighted by Gasteiger charge is -2.18. The number of methoxy groups -OCH3 is 1. The molecule has 0 unspecified atom stereocenters. The molecule has 2 aromatic carbocycles. The monoisotopic (exact) mass is 409 g/mol. The van der Waals surface area contributed by atoms with Crippen LogP contribution in [0.4, 0.5) is 0 Å². The zero-order valence-corrected chi connectivity index (χ0v) is 18.3. The SMILES string of the molecule is COc1ccc(C)cc1[C@@H](C)NC(=O)CSc1c(C)nn(-c2ccccc2)c1C. The van der Waals surface area contributed by atoms with Gasteiger partial charge in [0.25, 0.3) is 0 Å². The van der Waals surface area contributed by atoms with E-state index in [2.05, 4.69) is 16.5 Å². The van der Waals surface area contributed by atoms with E-state index in [4.69, 9.17) is 4.74 Å². The van der Waals surface area contributed by atoms with Crippen LogP contribution in [-0.2, 0) is 4.79 Å². The molecule has 152 valence electrons. The summed E-state index contributed by atoms with van der Waals surface area (Å²) >= 11 is 1.52. The van der Waals surface area contributed by atoms with Crippen molar-refractivity contribution in [1.29, 1.82) is 0 Å². The number of carbonyl (C=O) groups is 1. The van der Waals surface area contributed by atoms with Crippen LogP contribution in [0.25, 0.3) is 5.69 Å². The smallest absolute Gasteiger partial charge is 0.230 e. The summed E-state index contributed by atoms with van der Waals surface area (Å²) in [6, 6.07) is 15.9. The number of benzene rings is 2. The van der Waals surface area contributed by atoms with Gasteiger partial charge in [-0.2, -0.15) is 5.10 Å². The van der Waals surface area contributed by atoms with Crippen LogP contribution >= 0.6 is 11.8 Å². The fraction of sp³-hybridized carbons (Fsp3) is 0.304. The fourth-order valence-electron chi connectivity index (χ4n) is 3.35. The Balaban J connectivity index is 1.67. The van der Waals surface area contributed by atoms with Crippen LogP contribution < -0.4 is 10.1 Å². The lowest BCUT2D eigenvalue weighted by Crippen LogP contribution is -2.28. The Morgan fingerprint density at radius 2 is 1.90 bits per heavy atom. The summed E-state index contributed by atoms with van der Waals surface area (Å²) in [5.41, 5.74) is 5.10. The van der Waals surface area contributed by atoms with Gasteiger partial charge in [0.05, 0.1) is 40.9 Å². The van der Waals surface area contributed by atoms with E-state index in [1.54, 1.807) is 7.11 Å². The highest BCUT2D eigenvalue weighted by Crippen LogP contribution is 2.29. The van der Waals surface area contributed by atoms with Gasteiger partial charge >= 0.3 is 0 Å². The number of carbonyl (C=O) groups excluding carboxylic acids is 1. The maximum atomic E-state index is 12.6. The van der Waals surface area contributed by atoms with Gasteiger partial charge in [0.2, 0.25) is 5.91 Å². The maximum Gasteiger partial charge on any atom is 0.230 e. The van der Waals surface area contributed by atoms with Crippen LogP contribution in [0.5, 0.6) is 5.75 Å². The number of amides is 1. The number of aryl methyl sites for hydroxylation is 2. The molecule has 0 fully saturated rings. The third-order valence-corrected chi connectivity index (χ3v) is 6.09. The number of hydrogen-bond donors (Lipinski definition) is 1. The summed E-state index contributed by atoms with van der Waals surface area (Å²) < 4.78 is 7.37. The van der Waals surface area contributed by atoms with E-state index in [0.717, 1.165) is 38.8 Å². The minimum absolute atomic E-state index is 0.0164. The molecule has 6 heteroatoms. The van der Waals surface area contributed by atoms with Gasteiger partial charge in [-0.15, -0.1) is 11.8 Å². The van der Waals surface area contributed by atoms with Crippen molar-refractivity contribution in [3.8, 4) is 11.4 Å². The van der Waals surface area contributed by atoms with Crippen molar-refractivity contribution in [2.24, 2.45) is 0 Å². The molecule has 0 aliphatic carbocycles. The topological polar surface area (TPSA) is 56.1 Å². The van der Waals surface area contributed by atoms with Crippen LogP contribution in [0.3, 0.4) is 0 Å². The van der Waals surface area contributed by atoms with Crippen molar-refractivity contribution in [3.05, 3.63) is 71.0 Å². The van der Waals surface area contributed by atoms with Crippen molar-refractivity contribution < 1.29 is 9.53 Å². The van der Waals surface area contributed by atoms with E-state index in [1.807, 2.05) is 74.8 Å². The van der Waals surface area contributed by atoms with Crippen LogP contribution in [0, 0.1) is 20.8 Å². The van der Waals surface area contributed by atoms with E-state index in [1.165, 1.54) is 11.8 Å². The number of para-hydroxylation sites is 1. The Morgan fingerprint density at radius 1 is 1.17 bits per heavy atom. The molecular formula is C23H27N3O2S. The number of nitrogens with one attached hydrogen (secondary N) is 1. The summed E-state index contributed by atoms with van der Waals surface area (Å²) in [4.78, 5) is 13.6. The average Bonchev–Trinajstić information content (AvgIpc) is 3.00. The third kappa shape index (κ3) is 4.82. The van der Waals surface area contributed by atoms with Crippen molar-refractivity contribution in [1.82, 2.24) is 15.1 Å². The van der Waals surface area contributed by atoms with Crippen molar-refractivity contribution in [2.75, 3.05) is 12.9 Å². The average molecular weight is 410 g/mol. The lowest BCUT2D eigenvalue weighted by atomic mass is 10.0. The second kappa shape index (κ2) is 9.18. The number of ether oxygens (including phenoxy) is 1. The first-order valence-electron chi connectivity index (χ1n) is 9.59. The Labute approximate surface area is 176 Å². The summed E-state index contributed by atoms with van der Waals surface area (Å²) in [5.74, 6) is 1.10. The van der Waals surface area contributed by atoms with E-state index in [9.17, 15) is 4.79 Å². The second-order valence-electron chi connectivity index (χ2n) is 7.07. The highest BCUT2D eigenvalue weighted by Gasteiger charge is 2.17. The Kier molecular flexibility index (Phi) is 6.64. The largest absolute Gasteiger partial charge is 0.496 e. The van der Waals surface area contributed by atoms with Gasteiger partial charge in [-0.05, 0) is 45.9 Å². The molecule has 0 aliphatic rings. The molecule has 1 amide bonds. The summed E-state index contributed by atoms with van der Waals surface area (Å²) in [5, 5.41) is 7.73. The third-order valence-electron chi connectivity index (χ3n) is 4.80. The normalized spacial score (nSPS) is 11.9. The summed E-state index contributed by atoms with van der Waals surface area (Å²) in [7, 11) is 1.65. The first-order valence-corrected chi connectivity index (χ1v) is 10.6. The molecular weight excluding hydrogens is 382 g/mol. The van der Waals surface area contributed by atoms with Gasteiger partial charge in [-0.25, -0.2) is 4.68 Å². The molecule has 1 aromatic heterocycles. The molecule has 1 atom stereocenters. The molecule has 0 saturated heterocycles. The Hall–Kier alpha value is -2.73. The molecule has 0 aliphatic heterocycles. The van der Waals surface area contributed by atoms with Crippen LogP contribution in [0.2, 0.25) is 0 Å². The van der Waals surface area contributed by atoms with Crippen LogP contribution in [0.15, 0.2) is 53.4 Å². The number of aromatic nitrogens is 2. The molecule has 3 rings (SSSR count). The first kappa shape index (κ1) is 21.0. The molecule has 3 aromatic rings. The molecule has 5 nitrogen and oxygen atoms in total. The first-order chi connectivity index (χ1) is 13.9. The van der Waals surface area contributed by atoms with Crippen molar-refractivity contribution >= 4 is 17.7 Å². The predicted octanol–water partition coefficient (Wildman–Crippen LogP) is 4.78. The maximum absolute atomic E-state index is 12.6. The lowest BCUT2D eigenvalue weighted by molar-refractivity contribution is -0.119. The van der Waals surface area contributed by atoms with E-state index in [-0.39, 0.29) is 11.9 Å². The molecule has 0 saturated carbocycles. The number of thioether (sulfide) groups is 1. The zero-order chi connectivity index (χ0) is 21.0. The van der Waals surface area contributed by atoms with Gasteiger partial charge in [0, 0.05) is 5.56 Å². The van der Waals surface area contributed by atoms with Crippen molar-refractivity contribution in [3.63, 3.8) is 0 Å². The predicted molar refractivity (Wildman–Crippen MR) is 118 cm³/mol. The van der Waals surface area contributed by atoms with Crippen molar-refractivity contribution in [2.45, 2.75) is 38.6 Å². The standard InChI is InChI=1S/C23H27N3O2S/c1-15-11-12-21(28-5)20(13-15)16(2)24-22(27)14-29-23-17(3)25-26(18(23)4)19-9-7-6-8-10-19/h6-13,16H,14H2,1-5H3,(H,24,27)/t16-/m1/s1.